The second-order valence-electron chi connectivity index (χ2n) is 4.34. The fourth-order valence-electron chi connectivity index (χ4n) is 1.72. The Bertz CT molecular complexity index is 461. The Hall–Kier alpha value is -1.17. The predicted molar refractivity (Wildman–Crippen MR) is 64.1 cm³/mol. The molecule has 0 aliphatic carbocycles. The van der Waals surface area contributed by atoms with Gasteiger partial charge in [-0.15, -0.1) is 0 Å². The summed E-state index contributed by atoms with van der Waals surface area (Å²) in [5, 5.41) is 12.4. The monoisotopic (exact) mass is 273 g/mol. The van der Waals surface area contributed by atoms with Gasteiger partial charge in [-0.05, 0) is 18.2 Å². The Kier molecular flexibility index (Phi) is 3.85. The van der Waals surface area contributed by atoms with Gasteiger partial charge in [0, 0.05) is 25.1 Å². The lowest BCUT2D eigenvalue weighted by molar-refractivity contribution is 0.0264. The number of halogens is 2. The molecule has 1 aliphatic rings. The average Bonchev–Trinajstić information content (AvgIpc) is 2.77. The van der Waals surface area contributed by atoms with Gasteiger partial charge in [-0.3, -0.25) is 4.79 Å². The van der Waals surface area contributed by atoms with Crippen LogP contribution in [0.25, 0.3) is 0 Å². The van der Waals surface area contributed by atoms with Gasteiger partial charge in [-0.2, -0.15) is 0 Å². The molecular weight excluding hydrogens is 261 g/mol. The number of carbonyl (C=O) groups excluding carboxylic acids is 1. The number of amides is 1. The number of hydrogen-bond acceptors (Lipinski definition) is 3. The largest absolute Gasteiger partial charge is 0.386 e. The molecule has 18 heavy (non-hydrogen) atoms. The van der Waals surface area contributed by atoms with Gasteiger partial charge in [-0.1, -0.05) is 11.6 Å². The van der Waals surface area contributed by atoms with Crippen molar-refractivity contribution in [2.75, 3.05) is 19.8 Å². The number of hydrogen-bond donors (Lipinski definition) is 2. The minimum atomic E-state index is -1.01. The van der Waals surface area contributed by atoms with Gasteiger partial charge in [0.15, 0.2) is 0 Å². The van der Waals surface area contributed by atoms with Gasteiger partial charge in [0.1, 0.15) is 11.4 Å². The third-order valence-corrected chi connectivity index (χ3v) is 3.13. The molecule has 1 amide bonds. The fourth-order valence-corrected chi connectivity index (χ4v) is 1.90. The molecule has 1 aromatic carbocycles. The number of carbonyl (C=O) groups is 1. The molecule has 1 aliphatic heterocycles. The molecule has 98 valence electrons. The van der Waals surface area contributed by atoms with E-state index >= 15 is 0 Å². The molecule has 0 spiro atoms. The molecule has 1 heterocycles. The molecular formula is C12H13ClFNO3. The molecule has 1 unspecified atom stereocenters. The highest BCUT2D eigenvalue weighted by Gasteiger charge is 2.32. The highest BCUT2D eigenvalue weighted by molar-refractivity contribution is 6.31. The average molecular weight is 274 g/mol. The van der Waals surface area contributed by atoms with E-state index in [4.69, 9.17) is 16.3 Å². The summed E-state index contributed by atoms with van der Waals surface area (Å²) in [5.41, 5.74) is -0.761. The first-order chi connectivity index (χ1) is 8.50. The zero-order valence-corrected chi connectivity index (χ0v) is 10.3. The van der Waals surface area contributed by atoms with E-state index < -0.39 is 17.3 Å². The van der Waals surface area contributed by atoms with Crippen LogP contribution >= 0.6 is 11.6 Å². The third kappa shape index (κ3) is 2.98. The Morgan fingerprint density at radius 3 is 3.00 bits per heavy atom. The summed E-state index contributed by atoms with van der Waals surface area (Å²) in [4.78, 5) is 11.8. The van der Waals surface area contributed by atoms with Crippen molar-refractivity contribution in [3.8, 4) is 0 Å². The van der Waals surface area contributed by atoms with Crippen molar-refractivity contribution in [2.45, 2.75) is 12.0 Å². The van der Waals surface area contributed by atoms with Crippen molar-refractivity contribution in [2.24, 2.45) is 0 Å². The normalized spacial score (nSPS) is 23.1. The van der Waals surface area contributed by atoms with Gasteiger partial charge in [0.25, 0.3) is 5.91 Å². The Balaban J connectivity index is 1.97. The van der Waals surface area contributed by atoms with E-state index in [2.05, 4.69) is 5.32 Å². The van der Waals surface area contributed by atoms with Crippen LogP contribution in [-0.2, 0) is 4.74 Å². The Morgan fingerprint density at radius 2 is 2.39 bits per heavy atom. The van der Waals surface area contributed by atoms with Crippen LogP contribution in [0.2, 0.25) is 5.02 Å². The van der Waals surface area contributed by atoms with Crippen LogP contribution in [0.15, 0.2) is 18.2 Å². The van der Waals surface area contributed by atoms with Crippen LogP contribution in [-0.4, -0.2) is 36.4 Å². The summed E-state index contributed by atoms with van der Waals surface area (Å²) in [6, 6.07) is 3.72. The van der Waals surface area contributed by atoms with Crippen LogP contribution in [0.5, 0.6) is 0 Å². The summed E-state index contributed by atoms with van der Waals surface area (Å²) >= 11 is 5.59. The van der Waals surface area contributed by atoms with E-state index in [1.807, 2.05) is 0 Å². The second-order valence-corrected chi connectivity index (χ2v) is 4.75. The van der Waals surface area contributed by atoms with Crippen LogP contribution in [0.3, 0.4) is 0 Å². The molecule has 4 nitrogen and oxygen atoms in total. The van der Waals surface area contributed by atoms with Gasteiger partial charge in [-0.25, -0.2) is 4.39 Å². The van der Waals surface area contributed by atoms with E-state index in [-0.39, 0.29) is 23.7 Å². The molecule has 1 fully saturated rings. The summed E-state index contributed by atoms with van der Waals surface area (Å²) in [6.07, 6.45) is 0.484. The van der Waals surface area contributed by atoms with E-state index in [9.17, 15) is 14.3 Å². The first-order valence-corrected chi connectivity index (χ1v) is 5.91. The van der Waals surface area contributed by atoms with Crippen LogP contribution < -0.4 is 5.32 Å². The lowest BCUT2D eigenvalue weighted by Gasteiger charge is -2.20. The highest BCUT2D eigenvalue weighted by atomic mass is 35.5. The predicted octanol–water partition coefficient (Wildman–Crippen LogP) is 1.36. The quantitative estimate of drug-likeness (QED) is 0.874. The first-order valence-electron chi connectivity index (χ1n) is 5.54. The molecule has 2 N–H and O–H groups in total. The SMILES string of the molecule is O=C(NCC1(O)CCOC1)c1ccc(F)c(Cl)c1. The summed E-state index contributed by atoms with van der Waals surface area (Å²) in [7, 11) is 0. The Morgan fingerprint density at radius 1 is 1.61 bits per heavy atom. The summed E-state index contributed by atoms with van der Waals surface area (Å²) in [6.45, 7) is 0.785. The molecule has 1 saturated heterocycles. The maximum Gasteiger partial charge on any atom is 0.251 e. The first kappa shape index (κ1) is 13.3. The second kappa shape index (κ2) is 5.22. The third-order valence-electron chi connectivity index (χ3n) is 2.84. The topological polar surface area (TPSA) is 58.6 Å². The van der Waals surface area contributed by atoms with Crippen molar-refractivity contribution < 1.29 is 19.0 Å². The fraction of sp³-hybridized carbons (Fsp3) is 0.417. The van der Waals surface area contributed by atoms with E-state index in [0.29, 0.717) is 13.0 Å². The van der Waals surface area contributed by atoms with Crippen molar-refractivity contribution in [1.82, 2.24) is 5.32 Å². The molecule has 2 rings (SSSR count). The number of rotatable bonds is 3. The minimum absolute atomic E-state index is 0.0980. The molecule has 0 radical (unpaired) electrons. The van der Waals surface area contributed by atoms with Crippen molar-refractivity contribution >= 4 is 17.5 Å². The lowest BCUT2D eigenvalue weighted by Crippen LogP contribution is -2.43. The number of benzene rings is 1. The highest BCUT2D eigenvalue weighted by Crippen LogP contribution is 2.18. The van der Waals surface area contributed by atoms with Crippen LogP contribution in [0, 0.1) is 5.82 Å². The Labute approximate surface area is 109 Å². The van der Waals surface area contributed by atoms with Gasteiger partial charge >= 0.3 is 0 Å². The molecule has 1 aromatic rings. The van der Waals surface area contributed by atoms with Gasteiger partial charge in [0.2, 0.25) is 0 Å². The van der Waals surface area contributed by atoms with E-state index in [1.54, 1.807) is 0 Å². The van der Waals surface area contributed by atoms with Crippen molar-refractivity contribution in [3.05, 3.63) is 34.6 Å². The number of aliphatic hydroxyl groups is 1. The van der Waals surface area contributed by atoms with Crippen molar-refractivity contribution in [3.63, 3.8) is 0 Å². The maximum atomic E-state index is 12.9. The van der Waals surface area contributed by atoms with Crippen molar-refractivity contribution in [1.29, 1.82) is 0 Å². The van der Waals surface area contributed by atoms with Crippen LogP contribution in [0.1, 0.15) is 16.8 Å². The number of nitrogens with one attached hydrogen (secondary N) is 1. The maximum absolute atomic E-state index is 12.9. The standard InChI is InChI=1S/C12H13ClFNO3/c13-9-5-8(1-2-10(9)14)11(16)15-6-12(17)3-4-18-7-12/h1-2,5,17H,3-4,6-7H2,(H,15,16). The minimum Gasteiger partial charge on any atom is -0.386 e. The summed E-state index contributed by atoms with van der Waals surface area (Å²) < 4.78 is 18.0. The lowest BCUT2D eigenvalue weighted by atomic mass is 10.0. The number of ether oxygens (including phenoxy) is 1. The molecule has 0 saturated carbocycles. The molecule has 0 aromatic heterocycles. The zero-order valence-electron chi connectivity index (χ0n) is 9.58. The summed E-state index contributed by atoms with van der Waals surface area (Å²) in [5.74, 6) is -0.978. The van der Waals surface area contributed by atoms with Crippen LogP contribution in [0.4, 0.5) is 4.39 Å². The van der Waals surface area contributed by atoms with Gasteiger partial charge in [0.05, 0.1) is 11.6 Å². The molecule has 6 heteroatoms. The zero-order chi connectivity index (χ0) is 13.2. The molecule has 1 atom stereocenters. The van der Waals surface area contributed by atoms with Gasteiger partial charge < -0.3 is 15.2 Å². The van der Waals surface area contributed by atoms with E-state index in [1.165, 1.54) is 12.1 Å². The smallest absolute Gasteiger partial charge is 0.251 e. The molecule has 0 bridgehead atoms. The van der Waals surface area contributed by atoms with E-state index in [0.717, 1.165) is 6.07 Å².